The van der Waals surface area contributed by atoms with Gasteiger partial charge in [0.2, 0.25) is 5.78 Å². The number of Topliss-reactive ketones (excluding diaryl/α,β-unsaturated/α-hetero) is 1. The van der Waals surface area contributed by atoms with Crippen LogP contribution in [0.5, 0.6) is 11.5 Å². The summed E-state index contributed by atoms with van der Waals surface area (Å²) in [5.41, 5.74) is -0.920. The lowest BCUT2D eigenvalue weighted by molar-refractivity contribution is -0.131. The lowest BCUT2D eigenvalue weighted by atomic mass is 9.97. The first kappa shape index (κ1) is 18.1. The van der Waals surface area contributed by atoms with E-state index in [4.69, 9.17) is 27.9 Å². The fourth-order valence-electron chi connectivity index (χ4n) is 3.26. The molecule has 7 heteroatoms. The number of phenols is 1. The van der Waals surface area contributed by atoms with Gasteiger partial charge in [-0.25, -0.2) is 0 Å². The van der Waals surface area contributed by atoms with Gasteiger partial charge in [0.05, 0.1) is 5.56 Å². The first-order valence-electron chi connectivity index (χ1n) is 8.14. The van der Waals surface area contributed by atoms with Crippen LogP contribution < -0.4 is 4.74 Å². The summed E-state index contributed by atoms with van der Waals surface area (Å²) in [6, 6.07) is 2.96. The van der Waals surface area contributed by atoms with Crippen LogP contribution in [0.1, 0.15) is 42.6 Å². The fourth-order valence-corrected chi connectivity index (χ4v) is 3.85. The van der Waals surface area contributed by atoms with E-state index in [1.807, 2.05) is 0 Å². The van der Waals surface area contributed by atoms with Crippen molar-refractivity contribution in [3.8, 4) is 11.5 Å². The molecule has 1 spiro atoms. The summed E-state index contributed by atoms with van der Waals surface area (Å²) in [5.74, 6) is -0.159. The van der Waals surface area contributed by atoms with Crippen LogP contribution in [0.2, 0.25) is 0 Å². The van der Waals surface area contributed by atoms with Gasteiger partial charge in [0, 0.05) is 12.6 Å². The number of ether oxygens (including phenoxy) is 1. The number of amides is 1. The van der Waals surface area contributed by atoms with Gasteiger partial charge in [-0.2, -0.15) is 0 Å². The second-order valence-corrected chi connectivity index (χ2v) is 7.55. The van der Waals surface area contributed by atoms with Gasteiger partial charge in [-0.3, -0.25) is 14.5 Å². The Morgan fingerprint density at radius 2 is 1.96 bits per heavy atom. The molecule has 1 N–H and O–H groups in total. The van der Waals surface area contributed by atoms with Crippen molar-refractivity contribution in [2.24, 2.45) is 5.92 Å². The molecule has 1 amide bonds. The summed E-state index contributed by atoms with van der Waals surface area (Å²) >= 11 is 12.2. The van der Waals surface area contributed by atoms with Crippen LogP contribution in [0.4, 0.5) is 0 Å². The number of carbonyl (C=O) groups excluding carboxylic acids is 2. The Morgan fingerprint density at radius 3 is 2.52 bits per heavy atom. The first-order valence-corrected chi connectivity index (χ1v) is 8.90. The molecule has 0 aromatic heterocycles. The van der Waals surface area contributed by atoms with Crippen LogP contribution >= 0.6 is 23.2 Å². The number of carbonyl (C=O) groups is 2. The molecule has 3 rings (SSSR count). The fraction of sp³-hybridized carbons (Fsp3) is 0.444. The summed E-state index contributed by atoms with van der Waals surface area (Å²) in [6.45, 7) is 4.24. The Bertz CT molecular complexity index is 803. The topological polar surface area (TPSA) is 66.8 Å². The van der Waals surface area contributed by atoms with E-state index in [1.165, 1.54) is 19.2 Å². The third kappa shape index (κ3) is 2.52. The molecule has 0 saturated carbocycles. The molecule has 0 aliphatic carbocycles. The van der Waals surface area contributed by atoms with E-state index in [2.05, 4.69) is 13.8 Å². The highest BCUT2D eigenvalue weighted by atomic mass is 35.5. The number of benzene rings is 1. The van der Waals surface area contributed by atoms with Crippen LogP contribution in [-0.4, -0.2) is 34.5 Å². The lowest BCUT2D eigenvalue weighted by Gasteiger charge is -2.30. The standard InChI is InChI=1S/C18H19Cl2NO4/c1-9(2)5-4-6-10-12(22)8-7-11-14(10)25-18(16(11)23)15(20)13(19)17(24)21(18)3/h7-9,22H,4-6H2,1-3H3/t18-/m0/s1. The van der Waals surface area contributed by atoms with Gasteiger partial charge in [-0.15, -0.1) is 0 Å². The van der Waals surface area contributed by atoms with Gasteiger partial charge in [0.15, 0.2) is 0 Å². The summed E-state index contributed by atoms with van der Waals surface area (Å²) in [5, 5.41) is 9.88. The summed E-state index contributed by atoms with van der Waals surface area (Å²) in [4.78, 5) is 26.2. The van der Waals surface area contributed by atoms with Crippen LogP contribution in [0, 0.1) is 5.92 Å². The van der Waals surface area contributed by atoms with Crippen LogP contribution in [0.15, 0.2) is 22.2 Å². The molecular formula is C18H19Cl2NO4. The first-order chi connectivity index (χ1) is 11.7. The van der Waals surface area contributed by atoms with Crippen LogP contribution in [0.25, 0.3) is 0 Å². The minimum atomic E-state index is -1.77. The van der Waals surface area contributed by atoms with Crippen LogP contribution in [0.3, 0.4) is 0 Å². The molecule has 0 bridgehead atoms. The maximum absolute atomic E-state index is 13.0. The molecular weight excluding hydrogens is 365 g/mol. The van der Waals surface area contributed by atoms with E-state index in [1.54, 1.807) is 0 Å². The van der Waals surface area contributed by atoms with E-state index >= 15 is 0 Å². The minimum absolute atomic E-state index is 0.0607. The number of nitrogens with zero attached hydrogens (tertiary/aromatic N) is 1. The van der Waals surface area contributed by atoms with E-state index in [-0.39, 0.29) is 21.6 Å². The van der Waals surface area contributed by atoms with Crippen LogP contribution in [-0.2, 0) is 11.2 Å². The Morgan fingerprint density at radius 1 is 1.28 bits per heavy atom. The van der Waals surface area contributed by atoms with E-state index in [0.29, 0.717) is 23.5 Å². The number of ketones is 1. The average Bonchev–Trinajstić information content (AvgIpc) is 2.94. The summed E-state index contributed by atoms with van der Waals surface area (Å²) in [7, 11) is 1.42. The molecule has 2 heterocycles. The van der Waals surface area contributed by atoms with E-state index in [0.717, 1.165) is 17.7 Å². The van der Waals surface area contributed by atoms with Gasteiger partial charge in [0.25, 0.3) is 11.6 Å². The highest BCUT2D eigenvalue weighted by molar-refractivity contribution is 6.51. The van der Waals surface area contributed by atoms with Crippen molar-refractivity contribution in [2.75, 3.05) is 7.05 Å². The zero-order chi connectivity index (χ0) is 18.5. The molecule has 1 aromatic carbocycles. The minimum Gasteiger partial charge on any atom is -0.508 e. The molecule has 2 aliphatic rings. The Hall–Kier alpha value is -1.72. The highest BCUT2D eigenvalue weighted by Gasteiger charge is 2.61. The van der Waals surface area contributed by atoms with Crippen molar-refractivity contribution >= 4 is 34.9 Å². The molecule has 0 radical (unpaired) electrons. The number of hydrogen-bond donors (Lipinski definition) is 1. The normalized spacial score (nSPS) is 22.4. The SMILES string of the molecule is CC(C)CCCc1c(O)ccc2c1O[C@]1(C2=O)C(Cl)=C(Cl)C(=O)N1C. The monoisotopic (exact) mass is 383 g/mol. The van der Waals surface area contributed by atoms with Gasteiger partial charge >= 0.3 is 0 Å². The molecule has 0 fully saturated rings. The molecule has 1 aromatic rings. The molecule has 1 atom stereocenters. The van der Waals surface area contributed by atoms with Crippen molar-refractivity contribution < 1.29 is 19.4 Å². The van der Waals surface area contributed by atoms with Gasteiger partial charge < -0.3 is 9.84 Å². The number of halogens is 2. The van der Waals surface area contributed by atoms with E-state index in [9.17, 15) is 14.7 Å². The zero-order valence-electron chi connectivity index (χ0n) is 14.2. The second-order valence-electron chi connectivity index (χ2n) is 6.79. The number of likely N-dealkylation sites (N-methyl/N-ethyl adjacent to an activating group) is 1. The maximum Gasteiger partial charge on any atom is 0.287 e. The third-order valence-corrected chi connectivity index (χ3v) is 5.59. The maximum atomic E-state index is 13.0. The molecule has 5 nitrogen and oxygen atoms in total. The Labute approximate surface area is 156 Å². The highest BCUT2D eigenvalue weighted by Crippen LogP contribution is 2.50. The zero-order valence-corrected chi connectivity index (χ0v) is 15.7. The van der Waals surface area contributed by atoms with Crippen molar-refractivity contribution in [2.45, 2.75) is 38.8 Å². The third-order valence-electron chi connectivity index (χ3n) is 4.70. The largest absolute Gasteiger partial charge is 0.508 e. The number of rotatable bonds is 4. The quantitative estimate of drug-likeness (QED) is 0.858. The molecule has 0 saturated heterocycles. The Kier molecular flexibility index (Phi) is 4.50. The van der Waals surface area contributed by atoms with Crippen molar-refractivity contribution in [3.63, 3.8) is 0 Å². The van der Waals surface area contributed by atoms with Gasteiger partial charge in [0.1, 0.15) is 21.6 Å². The molecule has 2 aliphatic heterocycles. The predicted octanol–water partition coefficient (Wildman–Crippen LogP) is 3.80. The van der Waals surface area contributed by atoms with Crippen molar-refractivity contribution in [1.82, 2.24) is 4.90 Å². The van der Waals surface area contributed by atoms with E-state index < -0.39 is 17.4 Å². The number of aromatic hydroxyl groups is 1. The summed E-state index contributed by atoms with van der Waals surface area (Å²) in [6.07, 6.45) is 2.38. The molecule has 134 valence electrons. The second kappa shape index (κ2) is 6.22. The van der Waals surface area contributed by atoms with Crippen molar-refractivity contribution in [3.05, 3.63) is 33.3 Å². The molecule has 0 unspecified atom stereocenters. The summed E-state index contributed by atoms with van der Waals surface area (Å²) < 4.78 is 5.92. The Balaban J connectivity index is 2.04. The average molecular weight is 384 g/mol. The molecule has 25 heavy (non-hydrogen) atoms. The smallest absolute Gasteiger partial charge is 0.287 e. The van der Waals surface area contributed by atoms with Gasteiger partial charge in [-0.05, 0) is 30.9 Å². The van der Waals surface area contributed by atoms with Crippen molar-refractivity contribution in [1.29, 1.82) is 0 Å². The number of fused-ring (bicyclic) bond motifs is 1. The predicted molar refractivity (Wildman–Crippen MR) is 95.1 cm³/mol. The van der Waals surface area contributed by atoms with Gasteiger partial charge in [-0.1, -0.05) is 43.5 Å². The number of hydrogen-bond acceptors (Lipinski definition) is 4. The lowest BCUT2D eigenvalue weighted by Crippen LogP contribution is -2.53. The number of phenolic OH excluding ortho intramolecular Hbond substituents is 1.